The van der Waals surface area contributed by atoms with Crippen LogP contribution in [0.25, 0.3) is 0 Å². The lowest BCUT2D eigenvalue weighted by atomic mass is 10.1. The molecule has 2 atom stereocenters. The first-order valence-corrected chi connectivity index (χ1v) is 6.56. The zero-order valence-electron chi connectivity index (χ0n) is 10.6. The number of nitrogens with one attached hydrogen (secondary N) is 1. The molecule has 5 heteroatoms. The number of carbonyl (C=O) groups excluding carboxylic acids is 1. The van der Waals surface area contributed by atoms with Gasteiger partial charge in [-0.05, 0) is 26.2 Å². The number of likely N-dealkylation sites (tertiary alicyclic amines) is 1. The van der Waals surface area contributed by atoms with Crippen LogP contribution >= 0.6 is 0 Å². The van der Waals surface area contributed by atoms with Gasteiger partial charge in [0.25, 0.3) is 5.91 Å². The second kappa shape index (κ2) is 4.65. The second-order valence-corrected chi connectivity index (χ2v) is 5.22. The standard InChI is InChI=1S/C13H18N4O/c1-9-6-15-12(7-14-9)13(18)17-5-4-10-2-3-11(8-17)16-10/h6-7,10-11,16H,2-5,8H2,1H3. The van der Waals surface area contributed by atoms with Crippen LogP contribution < -0.4 is 5.32 Å². The number of rotatable bonds is 1. The normalized spacial score (nSPS) is 27.1. The van der Waals surface area contributed by atoms with E-state index in [0.29, 0.717) is 17.8 Å². The molecule has 0 aromatic carbocycles. The highest BCUT2D eigenvalue weighted by Crippen LogP contribution is 2.21. The van der Waals surface area contributed by atoms with Gasteiger partial charge in [-0.2, -0.15) is 0 Å². The second-order valence-electron chi connectivity index (χ2n) is 5.22. The van der Waals surface area contributed by atoms with Crippen molar-refractivity contribution in [3.8, 4) is 0 Å². The number of aryl methyl sites for hydroxylation is 1. The number of hydrogen-bond acceptors (Lipinski definition) is 4. The molecule has 0 spiro atoms. The van der Waals surface area contributed by atoms with Crippen molar-refractivity contribution in [3.63, 3.8) is 0 Å². The van der Waals surface area contributed by atoms with Crippen molar-refractivity contribution in [2.75, 3.05) is 13.1 Å². The summed E-state index contributed by atoms with van der Waals surface area (Å²) in [5, 5.41) is 3.57. The van der Waals surface area contributed by atoms with Crippen LogP contribution in [0.2, 0.25) is 0 Å². The number of hydrogen-bond donors (Lipinski definition) is 1. The number of aromatic nitrogens is 2. The molecule has 1 N–H and O–H groups in total. The molecule has 0 saturated carbocycles. The molecule has 1 amide bonds. The Kier molecular flexibility index (Phi) is 2.99. The maximum absolute atomic E-state index is 12.3. The molecule has 2 aliphatic rings. The first kappa shape index (κ1) is 11.6. The molecule has 2 fully saturated rings. The van der Waals surface area contributed by atoms with Crippen LogP contribution in [-0.2, 0) is 0 Å². The number of carbonyl (C=O) groups is 1. The van der Waals surface area contributed by atoms with Crippen LogP contribution in [0, 0.1) is 6.92 Å². The van der Waals surface area contributed by atoms with Gasteiger partial charge in [-0.15, -0.1) is 0 Å². The van der Waals surface area contributed by atoms with Gasteiger partial charge in [-0.1, -0.05) is 0 Å². The van der Waals surface area contributed by atoms with E-state index in [-0.39, 0.29) is 5.91 Å². The maximum atomic E-state index is 12.3. The van der Waals surface area contributed by atoms with Crippen molar-refractivity contribution in [2.45, 2.75) is 38.3 Å². The smallest absolute Gasteiger partial charge is 0.274 e. The first-order valence-electron chi connectivity index (χ1n) is 6.56. The summed E-state index contributed by atoms with van der Waals surface area (Å²) in [7, 11) is 0. The third-order valence-corrected chi connectivity index (χ3v) is 3.81. The molecule has 18 heavy (non-hydrogen) atoms. The average molecular weight is 246 g/mol. The minimum atomic E-state index is 0.0110. The van der Waals surface area contributed by atoms with E-state index in [2.05, 4.69) is 15.3 Å². The van der Waals surface area contributed by atoms with E-state index >= 15 is 0 Å². The van der Waals surface area contributed by atoms with E-state index < -0.39 is 0 Å². The molecule has 5 nitrogen and oxygen atoms in total. The van der Waals surface area contributed by atoms with Gasteiger partial charge in [0, 0.05) is 31.4 Å². The van der Waals surface area contributed by atoms with E-state index in [4.69, 9.17) is 0 Å². The molecule has 2 unspecified atom stereocenters. The topological polar surface area (TPSA) is 58.1 Å². The quantitative estimate of drug-likeness (QED) is 0.794. The van der Waals surface area contributed by atoms with Gasteiger partial charge in [0.05, 0.1) is 11.9 Å². The Balaban J connectivity index is 1.74. The highest BCUT2D eigenvalue weighted by Gasteiger charge is 2.31. The van der Waals surface area contributed by atoms with E-state index in [1.165, 1.54) is 12.8 Å². The van der Waals surface area contributed by atoms with Gasteiger partial charge < -0.3 is 10.2 Å². The Morgan fingerprint density at radius 3 is 2.89 bits per heavy atom. The Morgan fingerprint density at radius 2 is 2.11 bits per heavy atom. The van der Waals surface area contributed by atoms with Gasteiger partial charge in [0.15, 0.2) is 0 Å². The molecule has 2 bridgehead atoms. The van der Waals surface area contributed by atoms with E-state index in [0.717, 1.165) is 25.2 Å². The van der Waals surface area contributed by atoms with Crippen molar-refractivity contribution in [1.82, 2.24) is 20.2 Å². The third kappa shape index (κ3) is 2.22. The van der Waals surface area contributed by atoms with Crippen LogP contribution in [0.15, 0.2) is 12.4 Å². The predicted molar refractivity (Wildman–Crippen MR) is 67.2 cm³/mol. The number of fused-ring (bicyclic) bond motifs is 2. The number of amides is 1. The highest BCUT2D eigenvalue weighted by atomic mass is 16.2. The summed E-state index contributed by atoms with van der Waals surface area (Å²) >= 11 is 0. The van der Waals surface area contributed by atoms with Crippen molar-refractivity contribution in [1.29, 1.82) is 0 Å². The Hall–Kier alpha value is -1.49. The molecule has 3 heterocycles. The third-order valence-electron chi connectivity index (χ3n) is 3.81. The molecule has 0 radical (unpaired) electrons. The van der Waals surface area contributed by atoms with E-state index in [9.17, 15) is 4.79 Å². The molecule has 1 aromatic heterocycles. The van der Waals surface area contributed by atoms with Crippen molar-refractivity contribution in [3.05, 3.63) is 23.8 Å². The fraction of sp³-hybridized carbons (Fsp3) is 0.615. The predicted octanol–water partition coefficient (Wildman–Crippen LogP) is 0.752. The lowest BCUT2D eigenvalue weighted by Crippen LogP contribution is -2.39. The Morgan fingerprint density at radius 1 is 1.28 bits per heavy atom. The Labute approximate surface area is 107 Å². The van der Waals surface area contributed by atoms with Crippen LogP contribution in [0.3, 0.4) is 0 Å². The van der Waals surface area contributed by atoms with Crippen molar-refractivity contribution >= 4 is 5.91 Å². The lowest BCUT2D eigenvalue weighted by Gasteiger charge is -2.23. The summed E-state index contributed by atoms with van der Waals surface area (Å²) in [5.41, 5.74) is 1.29. The van der Waals surface area contributed by atoms with Gasteiger partial charge in [-0.3, -0.25) is 9.78 Å². The molecule has 3 rings (SSSR count). The fourth-order valence-corrected chi connectivity index (χ4v) is 2.79. The van der Waals surface area contributed by atoms with Gasteiger partial charge in [0.1, 0.15) is 5.69 Å². The molecule has 2 saturated heterocycles. The minimum absolute atomic E-state index is 0.0110. The molecule has 2 aliphatic heterocycles. The van der Waals surface area contributed by atoms with Gasteiger partial charge >= 0.3 is 0 Å². The van der Waals surface area contributed by atoms with E-state index in [1.807, 2.05) is 11.8 Å². The molecular weight excluding hydrogens is 228 g/mol. The highest BCUT2D eigenvalue weighted by molar-refractivity contribution is 5.92. The largest absolute Gasteiger partial charge is 0.336 e. The van der Waals surface area contributed by atoms with Crippen LogP contribution in [-0.4, -0.2) is 45.9 Å². The maximum Gasteiger partial charge on any atom is 0.274 e. The molecule has 0 aliphatic carbocycles. The first-order chi connectivity index (χ1) is 8.72. The van der Waals surface area contributed by atoms with Gasteiger partial charge in [-0.25, -0.2) is 4.98 Å². The zero-order chi connectivity index (χ0) is 12.5. The van der Waals surface area contributed by atoms with Crippen molar-refractivity contribution in [2.24, 2.45) is 0 Å². The summed E-state index contributed by atoms with van der Waals surface area (Å²) in [5.74, 6) is 0.0110. The van der Waals surface area contributed by atoms with Crippen molar-refractivity contribution < 1.29 is 4.79 Å². The summed E-state index contributed by atoms with van der Waals surface area (Å²) < 4.78 is 0. The monoisotopic (exact) mass is 246 g/mol. The van der Waals surface area contributed by atoms with E-state index in [1.54, 1.807) is 12.4 Å². The van der Waals surface area contributed by atoms with Gasteiger partial charge in [0.2, 0.25) is 0 Å². The summed E-state index contributed by atoms with van der Waals surface area (Å²) in [6, 6.07) is 1.05. The van der Waals surface area contributed by atoms with Crippen LogP contribution in [0.1, 0.15) is 35.4 Å². The molecular formula is C13H18N4O. The zero-order valence-corrected chi connectivity index (χ0v) is 10.6. The summed E-state index contributed by atoms with van der Waals surface area (Å²) in [6.45, 7) is 3.49. The fourth-order valence-electron chi connectivity index (χ4n) is 2.79. The SMILES string of the molecule is Cc1cnc(C(=O)N2CCC3CCC(C2)N3)cn1. The lowest BCUT2D eigenvalue weighted by molar-refractivity contribution is 0.0741. The summed E-state index contributed by atoms with van der Waals surface area (Å²) in [6.07, 6.45) is 6.69. The average Bonchev–Trinajstić information content (AvgIpc) is 2.69. The summed E-state index contributed by atoms with van der Waals surface area (Å²) in [4.78, 5) is 22.6. The number of nitrogens with zero attached hydrogens (tertiary/aromatic N) is 3. The Bertz CT molecular complexity index is 445. The van der Waals surface area contributed by atoms with Crippen LogP contribution in [0.4, 0.5) is 0 Å². The minimum Gasteiger partial charge on any atom is -0.336 e. The molecule has 1 aromatic rings. The molecule has 96 valence electrons. The van der Waals surface area contributed by atoms with Crippen LogP contribution in [0.5, 0.6) is 0 Å².